The molecule has 0 saturated carbocycles. The van der Waals surface area contributed by atoms with Gasteiger partial charge in [-0.05, 0) is 42.8 Å². The molecule has 8 heteroatoms. The van der Waals surface area contributed by atoms with Crippen LogP contribution < -0.4 is 5.32 Å². The number of fused-ring (bicyclic) bond motifs is 1. The molecule has 1 aromatic heterocycles. The summed E-state index contributed by atoms with van der Waals surface area (Å²) in [6.45, 7) is 7.61. The molecular weight excluding hydrogens is 412 g/mol. The number of amides is 1. The summed E-state index contributed by atoms with van der Waals surface area (Å²) in [5.74, 6) is 0.561. The number of sulfonamides is 1. The van der Waals surface area contributed by atoms with Gasteiger partial charge in [0.2, 0.25) is 15.9 Å². The van der Waals surface area contributed by atoms with Crippen LogP contribution in [0.25, 0.3) is 17.1 Å². The lowest BCUT2D eigenvalue weighted by Gasteiger charge is -2.18. The average molecular weight is 441 g/mol. The molecule has 1 heterocycles. The Morgan fingerprint density at radius 2 is 1.74 bits per heavy atom. The van der Waals surface area contributed by atoms with Crippen molar-refractivity contribution in [2.75, 3.05) is 13.1 Å². The zero-order valence-corrected chi connectivity index (χ0v) is 18.9. The standard InChI is InChI=1S/C23H28N4O3S/c1-4-26(5-2)31(29,30)19-14-11-18(12-15-19)13-16-23(28)24-17-22-25-20-9-7-8-10-21(20)27(22)6-3/h7-16H,4-6,17H2,1-3H3,(H,24,28)/b16-13+. The maximum atomic E-state index is 12.5. The predicted molar refractivity (Wildman–Crippen MR) is 123 cm³/mol. The Kier molecular flexibility index (Phi) is 7.25. The highest BCUT2D eigenvalue weighted by atomic mass is 32.2. The SMILES string of the molecule is CCN(CC)S(=O)(=O)c1ccc(/C=C/C(=O)NCc2nc3ccccc3n2CC)cc1. The van der Waals surface area contributed by atoms with E-state index in [1.165, 1.54) is 10.4 Å². The van der Waals surface area contributed by atoms with E-state index in [-0.39, 0.29) is 10.8 Å². The van der Waals surface area contributed by atoms with Crippen LogP contribution in [0.15, 0.2) is 59.5 Å². The van der Waals surface area contributed by atoms with E-state index in [1.54, 1.807) is 30.3 Å². The van der Waals surface area contributed by atoms with Gasteiger partial charge in [-0.25, -0.2) is 13.4 Å². The molecular formula is C23H28N4O3S. The highest BCUT2D eigenvalue weighted by Gasteiger charge is 2.20. The van der Waals surface area contributed by atoms with E-state index in [0.29, 0.717) is 19.6 Å². The number of rotatable bonds is 9. The van der Waals surface area contributed by atoms with Crippen molar-refractivity contribution in [1.82, 2.24) is 19.2 Å². The molecule has 0 bridgehead atoms. The zero-order valence-electron chi connectivity index (χ0n) is 18.1. The predicted octanol–water partition coefficient (Wildman–Crippen LogP) is 3.42. The van der Waals surface area contributed by atoms with Gasteiger partial charge in [0.1, 0.15) is 5.82 Å². The molecule has 0 aliphatic heterocycles. The minimum atomic E-state index is -3.49. The van der Waals surface area contributed by atoms with E-state index in [9.17, 15) is 13.2 Å². The van der Waals surface area contributed by atoms with Crippen LogP contribution in [0.5, 0.6) is 0 Å². The van der Waals surface area contributed by atoms with Gasteiger partial charge in [-0.3, -0.25) is 4.79 Å². The maximum Gasteiger partial charge on any atom is 0.244 e. The van der Waals surface area contributed by atoms with Crippen LogP contribution in [-0.4, -0.2) is 41.3 Å². The molecule has 0 aliphatic rings. The summed E-state index contributed by atoms with van der Waals surface area (Å²) in [4.78, 5) is 17.1. The molecule has 0 radical (unpaired) electrons. The van der Waals surface area contributed by atoms with Crippen molar-refractivity contribution in [3.8, 4) is 0 Å². The van der Waals surface area contributed by atoms with Crippen LogP contribution in [0.4, 0.5) is 0 Å². The minimum Gasteiger partial charge on any atom is -0.345 e. The molecule has 3 rings (SSSR count). The van der Waals surface area contributed by atoms with Gasteiger partial charge < -0.3 is 9.88 Å². The van der Waals surface area contributed by atoms with Crippen LogP contribution in [0.1, 0.15) is 32.2 Å². The Bertz CT molecular complexity index is 1180. The molecule has 0 saturated heterocycles. The first-order valence-corrected chi connectivity index (χ1v) is 11.8. The van der Waals surface area contributed by atoms with Crippen LogP contribution in [0, 0.1) is 0 Å². The van der Waals surface area contributed by atoms with Crippen molar-refractivity contribution in [1.29, 1.82) is 0 Å². The first-order chi connectivity index (χ1) is 14.9. The number of aryl methyl sites for hydroxylation is 1. The van der Waals surface area contributed by atoms with E-state index in [0.717, 1.165) is 29.0 Å². The topological polar surface area (TPSA) is 84.3 Å². The Labute approximate surface area is 183 Å². The summed E-state index contributed by atoms with van der Waals surface area (Å²) in [5, 5.41) is 2.86. The molecule has 1 amide bonds. The van der Waals surface area contributed by atoms with E-state index >= 15 is 0 Å². The van der Waals surface area contributed by atoms with Crippen molar-refractivity contribution >= 4 is 33.0 Å². The first-order valence-electron chi connectivity index (χ1n) is 10.4. The van der Waals surface area contributed by atoms with Gasteiger partial charge in [-0.2, -0.15) is 4.31 Å². The molecule has 0 atom stereocenters. The number of carbonyl (C=O) groups excluding carboxylic acids is 1. The lowest BCUT2D eigenvalue weighted by molar-refractivity contribution is -0.116. The number of carbonyl (C=O) groups is 1. The number of hydrogen-bond acceptors (Lipinski definition) is 4. The second-order valence-electron chi connectivity index (χ2n) is 6.97. The first kappa shape index (κ1) is 22.7. The number of nitrogens with zero attached hydrogens (tertiary/aromatic N) is 3. The quantitative estimate of drug-likeness (QED) is 0.517. The Hall–Kier alpha value is -2.97. The summed E-state index contributed by atoms with van der Waals surface area (Å²) in [6.07, 6.45) is 3.10. The molecule has 164 valence electrons. The third kappa shape index (κ3) is 5.03. The number of benzene rings is 2. The number of para-hydroxylation sites is 2. The zero-order chi connectivity index (χ0) is 22.4. The van der Waals surface area contributed by atoms with E-state index in [1.807, 2.05) is 45.0 Å². The summed E-state index contributed by atoms with van der Waals surface area (Å²) in [6, 6.07) is 14.4. The summed E-state index contributed by atoms with van der Waals surface area (Å²) in [5.41, 5.74) is 2.70. The largest absolute Gasteiger partial charge is 0.345 e. The lowest BCUT2D eigenvalue weighted by Crippen LogP contribution is -2.30. The van der Waals surface area contributed by atoms with Crippen molar-refractivity contribution in [2.24, 2.45) is 0 Å². The molecule has 2 aromatic carbocycles. The van der Waals surface area contributed by atoms with Gasteiger partial charge in [0.15, 0.2) is 0 Å². The van der Waals surface area contributed by atoms with Crippen LogP contribution in [-0.2, 0) is 27.9 Å². The van der Waals surface area contributed by atoms with Gasteiger partial charge in [0.05, 0.1) is 22.5 Å². The summed E-state index contributed by atoms with van der Waals surface area (Å²) in [7, 11) is -3.49. The molecule has 3 aromatic rings. The van der Waals surface area contributed by atoms with Crippen LogP contribution in [0.2, 0.25) is 0 Å². The molecule has 31 heavy (non-hydrogen) atoms. The minimum absolute atomic E-state index is 0.241. The van der Waals surface area contributed by atoms with Crippen molar-refractivity contribution in [3.63, 3.8) is 0 Å². The summed E-state index contributed by atoms with van der Waals surface area (Å²) >= 11 is 0. The number of aromatic nitrogens is 2. The monoisotopic (exact) mass is 440 g/mol. The van der Waals surface area contributed by atoms with E-state index in [4.69, 9.17) is 0 Å². The second-order valence-corrected chi connectivity index (χ2v) is 8.91. The van der Waals surface area contributed by atoms with Crippen LogP contribution in [0.3, 0.4) is 0 Å². The fourth-order valence-electron chi connectivity index (χ4n) is 3.47. The van der Waals surface area contributed by atoms with Gasteiger partial charge in [-0.1, -0.05) is 38.1 Å². The van der Waals surface area contributed by atoms with Crippen LogP contribution >= 0.6 is 0 Å². The third-order valence-electron chi connectivity index (χ3n) is 5.12. The van der Waals surface area contributed by atoms with Crippen molar-refractivity contribution in [3.05, 3.63) is 66.0 Å². The Morgan fingerprint density at radius 1 is 1.06 bits per heavy atom. The average Bonchev–Trinajstić information content (AvgIpc) is 3.14. The number of nitrogens with one attached hydrogen (secondary N) is 1. The van der Waals surface area contributed by atoms with E-state index in [2.05, 4.69) is 14.9 Å². The van der Waals surface area contributed by atoms with Gasteiger partial charge >= 0.3 is 0 Å². The Morgan fingerprint density at radius 3 is 2.39 bits per heavy atom. The molecule has 0 spiro atoms. The maximum absolute atomic E-state index is 12.5. The fourth-order valence-corrected chi connectivity index (χ4v) is 4.93. The highest BCUT2D eigenvalue weighted by molar-refractivity contribution is 7.89. The molecule has 0 unspecified atom stereocenters. The van der Waals surface area contributed by atoms with Crippen molar-refractivity contribution in [2.45, 2.75) is 38.8 Å². The second kappa shape index (κ2) is 9.89. The molecule has 0 aliphatic carbocycles. The van der Waals surface area contributed by atoms with Gasteiger partial charge in [0.25, 0.3) is 0 Å². The van der Waals surface area contributed by atoms with Gasteiger partial charge in [-0.15, -0.1) is 0 Å². The van der Waals surface area contributed by atoms with Gasteiger partial charge in [0, 0.05) is 25.7 Å². The molecule has 7 nitrogen and oxygen atoms in total. The highest BCUT2D eigenvalue weighted by Crippen LogP contribution is 2.17. The Balaban J connectivity index is 1.64. The normalized spacial score (nSPS) is 12.1. The fraction of sp³-hybridized carbons (Fsp3) is 0.304. The number of imidazole rings is 1. The smallest absolute Gasteiger partial charge is 0.244 e. The molecule has 1 N–H and O–H groups in total. The molecule has 0 fully saturated rings. The third-order valence-corrected chi connectivity index (χ3v) is 7.19. The van der Waals surface area contributed by atoms with E-state index < -0.39 is 10.0 Å². The summed E-state index contributed by atoms with van der Waals surface area (Å²) < 4.78 is 28.6. The lowest BCUT2D eigenvalue weighted by atomic mass is 10.2. The number of hydrogen-bond donors (Lipinski definition) is 1. The van der Waals surface area contributed by atoms with Crippen molar-refractivity contribution < 1.29 is 13.2 Å².